The van der Waals surface area contributed by atoms with Crippen LogP contribution in [-0.2, 0) is 18.4 Å². The molecule has 2 aromatic heterocycles. The maximum Gasteiger partial charge on any atom is 0.283 e. The molecular formula is C15H14ClF2N5O. The van der Waals surface area contributed by atoms with E-state index in [-0.39, 0.29) is 11.6 Å². The number of anilines is 1. The molecule has 0 atom stereocenters. The lowest BCUT2D eigenvalue weighted by Gasteiger charge is -2.06. The lowest BCUT2D eigenvalue weighted by Crippen LogP contribution is -2.22. The van der Waals surface area contributed by atoms with E-state index in [9.17, 15) is 13.6 Å². The summed E-state index contributed by atoms with van der Waals surface area (Å²) in [5.74, 6) is -0.0670. The number of aromatic nitrogens is 4. The Bertz CT molecular complexity index is 918. The SMILES string of the molecule is Cc1c(Cl)c(C(F)F)nn1CC(=O)Nc1nc2ccccc2n1C. The van der Waals surface area contributed by atoms with Crippen LogP contribution in [0.2, 0.25) is 5.02 Å². The number of hydrogen-bond donors (Lipinski definition) is 1. The molecule has 0 radical (unpaired) electrons. The van der Waals surface area contributed by atoms with Crippen LogP contribution in [0, 0.1) is 6.92 Å². The van der Waals surface area contributed by atoms with Crippen LogP contribution in [-0.4, -0.2) is 25.2 Å². The largest absolute Gasteiger partial charge is 0.313 e. The number of carbonyl (C=O) groups is 1. The summed E-state index contributed by atoms with van der Waals surface area (Å²) in [6.07, 6.45) is -2.79. The highest BCUT2D eigenvalue weighted by atomic mass is 35.5. The van der Waals surface area contributed by atoms with E-state index in [1.54, 1.807) is 11.6 Å². The number of rotatable bonds is 4. The van der Waals surface area contributed by atoms with Gasteiger partial charge >= 0.3 is 0 Å². The van der Waals surface area contributed by atoms with Crippen molar-refractivity contribution >= 4 is 34.5 Å². The Labute approximate surface area is 141 Å². The zero-order chi connectivity index (χ0) is 17.4. The second-order valence-electron chi connectivity index (χ2n) is 5.27. The fourth-order valence-corrected chi connectivity index (χ4v) is 2.62. The summed E-state index contributed by atoms with van der Waals surface area (Å²) in [5, 5.41) is 6.23. The van der Waals surface area contributed by atoms with Gasteiger partial charge in [0, 0.05) is 7.05 Å². The third-order valence-electron chi connectivity index (χ3n) is 3.70. The van der Waals surface area contributed by atoms with Gasteiger partial charge in [0.05, 0.1) is 21.7 Å². The third-order valence-corrected chi connectivity index (χ3v) is 4.16. The molecule has 1 aromatic carbocycles. The minimum absolute atomic E-state index is 0.125. The van der Waals surface area contributed by atoms with Gasteiger partial charge in [-0.2, -0.15) is 5.10 Å². The molecule has 2 heterocycles. The van der Waals surface area contributed by atoms with Crippen LogP contribution in [0.4, 0.5) is 14.7 Å². The van der Waals surface area contributed by atoms with Crippen molar-refractivity contribution in [1.82, 2.24) is 19.3 Å². The molecule has 0 bridgehead atoms. The predicted molar refractivity (Wildman–Crippen MR) is 86.3 cm³/mol. The number of imidazole rings is 1. The summed E-state index contributed by atoms with van der Waals surface area (Å²) >= 11 is 5.82. The molecule has 126 valence electrons. The highest BCUT2D eigenvalue weighted by Gasteiger charge is 2.22. The van der Waals surface area contributed by atoms with Gasteiger partial charge in [-0.1, -0.05) is 23.7 Å². The summed E-state index contributed by atoms with van der Waals surface area (Å²) in [5.41, 5.74) is 1.40. The summed E-state index contributed by atoms with van der Waals surface area (Å²) in [6, 6.07) is 7.43. The number of amides is 1. The Kier molecular flexibility index (Phi) is 4.23. The highest BCUT2D eigenvalue weighted by Crippen LogP contribution is 2.28. The Morgan fingerprint density at radius 2 is 2.08 bits per heavy atom. The van der Waals surface area contributed by atoms with Crippen LogP contribution in [0.3, 0.4) is 0 Å². The molecule has 1 N–H and O–H groups in total. The van der Waals surface area contributed by atoms with E-state index < -0.39 is 18.0 Å². The van der Waals surface area contributed by atoms with E-state index in [1.165, 1.54) is 6.92 Å². The number of carbonyl (C=O) groups excluding carboxylic acids is 1. The number of hydrogen-bond acceptors (Lipinski definition) is 3. The van der Waals surface area contributed by atoms with Gasteiger partial charge in [-0.25, -0.2) is 13.8 Å². The van der Waals surface area contributed by atoms with E-state index in [0.717, 1.165) is 15.7 Å². The molecule has 0 spiro atoms. The molecule has 0 aliphatic rings. The fourth-order valence-electron chi connectivity index (χ4n) is 2.40. The summed E-state index contributed by atoms with van der Waals surface area (Å²) in [7, 11) is 1.77. The van der Waals surface area contributed by atoms with Crippen LogP contribution in [0.15, 0.2) is 24.3 Å². The topological polar surface area (TPSA) is 64.7 Å². The second-order valence-corrected chi connectivity index (χ2v) is 5.65. The van der Waals surface area contributed by atoms with Gasteiger partial charge in [-0.15, -0.1) is 0 Å². The van der Waals surface area contributed by atoms with Crippen molar-refractivity contribution < 1.29 is 13.6 Å². The minimum Gasteiger partial charge on any atom is -0.313 e. The number of halogens is 3. The molecule has 6 nitrogen and oxygen atoms in total. The van der Waals surface area contributed by atoms with Crippen LogP contribution in [0.1, 0.15) is 17.8 Å². The molecule has 3 rings (SSSR count). The maximum absolute atomic E-state index is 12.8. The smallest absolute Gasteiger partial charge is 0.283 e. The average Bonchev–Trinajstić information content (AvgIpc) is 3.00. The number of para-hydroxylation sites is 2. The van der Waals surface area contributed by atoms with Gasteiger partial charge in [-0.3, -0.25) is 14.8 Å². The Balaban J connectivity index is 1.80. The number of nitrogens with zero attached hydrogens (tertiary/aromatic N) is 4. The van der Waals surface area contributed by atoms with Gasteiger partial charge in [0.1, 0.15) is 12.2 Å². The monoisotopic (exact) mass is 353 g/mol. The molecule has 0 saturated carbocycles. The van der Waals surface area contributed by atoms with E-state index in [4.69, 9.17) is 11.6 Å². The fraction of sp³-hybridized carbons (Fsp3) is 0.267. The number of fused-ring (bicyclic) bond motifs is 1. The normalized spacial score (nSPS) is 11.4. The molecule has 9 heteroatoms. The van der Waals surface area contributed by atoms with Crippen LogP contribution in [0.25, 0.3) is 11.0 Å². The molecule has 0 aliphatic carbocycles. The molecule has 0 unspecified atom stereocenters. The molecule has 0 aliphatic heterocycles. The Morgan fingerprint density at radius 1 is 1.38 bits per heavy atom. The van der Waals surface area contributed by atoms with E-state index in [1.807, 2.05) is 24.3 Å². The van der Waals surface area contributed by atoms with Gasteiger partial charge < -0.3 is 4.57 Å². The van der Waals surface area contributed by atoms with Crippen molar-refractivity contribution in [3.8, 4) is 0 Å². The van der Waals surface area contributed by atoms with Crippen LogP contribution >= 0.6 is 11.6 Å². The van der Waals surface area contributed by atoms with Crippen molar-refractivity contribution in [2.75, 3.05) is 5.32 Å². The Morgan fingerprint density at radius 3 is 2.71 bits per heavy atom. The van der Waals surface area contributed by atoms with Crippen LogP contribution < -0.4 is 5.32 Å². The molecule has 1 amide bonds. The number of nitrogens with one attached hydrogen (secondary N) is 1. The van der Waals surface area contributed by atoms with E-state index in [2.05, 4.69) is 15.4 Å². The van der Waals surface area contributed by atoms with Gasteiger partial charge in [0.2, 0.25) is 11.9 Å². The lowest BCUT2D eigenvalue weighted by atomic mass is 10.3. The van der Waals surface area contributed by atoms with Gasteiger partial charge in [0.25, 0.3) is 6.43 Å². The third kappa shape index (κ3) is 2.84. The molecule has 3 aromatic rings. The first-order valence-corrected chi connectivity index (χ1v) is 7.48. The Hall–Kier alpha value is -2.48. The zero-order valence-corrected chi connectivity index (χ0v) is 13.7. The minimum atomic E-state index is -2.79. The van der Waals surface area contributed by atoms with Crippen molar-refractivity contribution in [1.29, 1.82) is 0 Å². The first-order chi connectivity index (χ1) is 11.4. The predicted octanol–water partition coefficient (Wildman–Crippen LogP) is 3.31. The summed E-state index contributed by atoms with van der Waals surface area (Å²) in [4.78, 5) is 16.5. The molecule has 0 fully saturated rings. The van der Waals surface area contributed by atoms with E-state index >= 15 is 0 Å². The molecule has 24 heavy (non-hydrogen) atoms. The standard InChI is InChI=1S/C15H14ClF2N5O/c1-8-12(16)13(14(17)18)21-23(8)7-11(24)20-15-19-9-5-3-4-6-10(9)22(15)2/h3-6,14H,7H2,1-2H3,(H,19,20,24). The average molecular weight is 354 g/mol. The number of aryl methyl sites for hydroxylation is 1. The zero-order valence-electron chi connectivity index (χ0n) is 12.9. The first kappa shape index (κ1) is 16.4. The van der Waals surface area contributed by atoms with Crippen molar-refractivity contribution in [2.45, 2.75) is 19.9 Å². The number of benzene rings is 1. The van der Waals surface area contributed by atoms with E-state index in [0.29, 0.717) is 11.6 Å². The van der Waals surface area contributed by atoms with Crippen molar-refractivity contribution in [3.05, 3.63) is 40.7 Å². The van der Waals surface area contributed by atoms with Crippen molar-refractivity contribution in [2.24, 2.45) is 7.05 Å². The van der Waals surface area contributed by atoms with Crippen molar-refractivity contribution in [3.63, 3.8) is 0 Å². The summed E-state index contributed by atoms with van der Waals surface area (Å²) in [6.45, 7) is 1.30. The maximum atomic E-state index is 12.8. The molecular weight excluding hydrogens is 340 g/mol. The number of alkyl halides is 2. The van der Waals surface area contributed by atoms with Gasteiger partial charge in [-0.05, 0) is 19.1 Å². The first-order valence-electron chi connectivity index (χ1n) is 7.10. The quantitative estimate of drug-likeness (QED) is 0.782. The van der Waals surface area contributed by atoms with Crippen LogP contribution in [0.5, 0.6) is 0 Å². The highest BCUT2D eigenvalue weighted by molar-refractivity contribution is 6.31. The van der Waals surface area contributed by atoms with Gasteiger partial charge in [0.15, 0.2) is 0 Å². The molecule has 0 saturated heterocycles. The summed E-state index contributed by atoms with van der Waals surface area (Å²) < 4.78 is 28.5. The lowest BCUT2D eigenvalue weighted by molar-refractivity contribution is -0.117. The second kappa shape index (κ2) is 6.20.